The molecule has 1 aliphatic heterocycles. The third kappa shape index (κ3) is 2.62. The van der Waals surface area contributed by atoms with Gasteiger partial charge in [-0.3, -0.25) is 0 Å². The lowest BCUT2D eigenvalue weighted by Crippen LogP contribution is -2.46. The van der Waals surface area contributed by atoms with E-state index in [4.69, 9.17) is 4.74 Å². The summed E-state index contributed by atoms with van der Waals surface area (Å²) in [7, 11) is 2.07. The maximum Gasteiger partial charge on any atom is 0.126 e. The molecule has 0 amide bonds. The van der Waals surface area contributed by atoms with Crippen LogP contribution in [0.4, 0.5) is 0 Å². The predicted octanol–water partition coefficient (Wildman–Crippen LogP) is 4.83. The van der Waals surface area contributed by atoms with Crippen molar-refractivity contribution in [3.63, 3.8) is 0 Å². The highest BCUT2D eigenvalue weighted by Gasteiger charge is 2.43. The zero-order valence-corrected chi connectivity index (χ0v) is 14.0. The first-order valence-electron chi connectivity index (χ1n) is 7.81. The van der Waals surface area contributed by atoms with E-state index in [1.807, 2.05) is 0 Å². The highest BCUT2D eigenvalue weighted by atomic mass is 79.9. The van der Waals surface area contributed by atoms with E-state index in [0.29, 0.717) is 6.04 Å². The van der Waals surface area contributed by atoms with Crippen LogP contribution in [0, 0.1) is 5.92 Å². The van der Waals surface area contributed by atoms with Crippen LogP contribution in [-0.2, 0) is 0 Å². The molecule has 1 heterocycles. The molecule has 110 valence electrons. The molecule has 0 aromatic heterocycles. The number of hydrogen-bond acceptors (Lipinski definition) is 2. The summed E-state index contributed by atoms with van der Waals surface area (Å²) in [6, 6.07) is 6.85. The minimum Gasteiger partial charge on any atom is -0.487 e. The lowest BCUT2D eigenvalue weighted by atomic mass is 9.72. The average molecular weight is 338 g/mol. The molecule has 20 heavy (non-hydrogen) atoms. The van der Waals surface area contributed by atoms with E-state index in [9.17, 15) is 0 Å². The molecule has 0 saturated heterocycles. The third-order valence-electron chi connectivity index (χ3n) is 5.08. The van der Waals surface area contributed by atoms with Gasteiger partial charge in [-0.2, -0.15) is 0 Å². The summed E-state index contributed by atoms with van der Waals surface area (Å²) in [6.07, 6.45) is 7.48. The number of benzene rings is 1. The highest BCUT2D eigenvalue weighted by Crippen LogP contribution is 2.48. The van der Waals surface area contributed by atoms with Crippen LogP contribution in [0.1, 0.15) is 57.1 Å². The first-order valence-corrected chi connectivity index (χ1v) is 8.61. The van der Waals surface area contributed by atoms with E-state index >= 15 is 0 Å². The average Bonchev–Trinajstić information content (AvgIpc) is 2.46. The second-order valence-corrected chi connectivity index (χ2v) is 7.30. The van der Waals surface area contributed by atoms with Crippen LogP contribution >= 0.6 is 15.9 Å². The standard InChI is InChI=1S/C17H24BrNO/c1-3-12-5-4-8-17(10-12)11-15(19-2)14-7-6-13(18)9-16(14)20-17/h6-7,9,12,15,19H,3-5,8,10-11H2,1-2H3. The Kier molecular flexibility index (Phi) is 4.09. The summed E-state index contributed by atoms with van der Waals surface area (Å²) in [4.78, 5) is 0. The SMILES string of the molecule is CCC1CCCC2(C1)CC(NC)c1ccc(Br)cc1O2. The maximum absolute atomic E-state index is 6.54. The Hall–Kier alpha value is -0.540. The van der Waals surface area contributed by atoms with Gasteiger partial charge in [0.1, 0.15) is 11.4 Å². The minimum atomic E-state index is 0.0559. The van der Waals surface area contributed by atoms with Crippen molar-refractivity contribution in [2.45, 2.75) is 57.1 Å². The minimum absolute atomic E-state index is 0.0559. The Morgan fingerprint density at radius 2 is 2.25 bits per heavy atom. The quantitative estimate of drug-likeness (QED) is 0.834. The molecular weight excluding hydrogens is 314 g/mol. The molecule has 1 aliphatic carbocycles. The van der Waals surface area contributed by atoms with Crippen molar-refractivity contribution in [1.29, 1.82) is 0 Å². The van der Waals surface area contributed by atoms with Crippen molar-refractivity contribution in [2.75, 3.05) is 7.05 Å². The van der Waals surface area contributed by atoms with Gasteiger partial charge in [0.2, 0.25) is 0 Å². The van der Waals surface area contributed by atoms with Gasteiger partial charge >= 0.3 is 0 Å². The van der Waals surface area contributed by atoms with Crippen LogP contribution in [0.5, 0.6) is 5.75 Å². The van der Waals surface area contributed by atoms with Crippen molar-refractivity contribution in [3.8, 4) is 5.75 Å². The zero-order valence-electron chi connectivity index (χ0n) is 12.4. The number of ether oxygens (including phenoxy) is 1. The first-order chi connectivity index (χ1) is 9.65. The lowest BCUT2D eigenvalue weighted by molar-refractivity contribution is -0.0208. The molecule has 0 bridgehead atoms. The normalized spacial score (nSPS) is 32.8. The molecule has 1 saturated carbocycles. The van der Waals surface area contributed by atoms with Crippen molar-refractivity contribution < 1.29 is 4.74 Å². The maximum atomic E-state index is 6.54. The second kappa shape index (κ2) is 5.69. The molecule has 1 spiro atoms. The van der Waals surface area contributed by atoms with Crippen LogP contribution in [0.15, 0.2) is 22.7 Å². The Bertz CT molecular complexity index is 490. The van der Waals surface area contributed by atoms with Crippen LogP contribution in [0.2, 0.25) is 0 Å². The van der Waals surface area contributed by atoms with Crippen molar-refractivity contribution >= 4 is 15.9 Å². The van der Waals surface area contributed by atoms with Crippen LogP contribution in [0.3, 0.4) is 0 Å². The molecule has 2 nitrogen and oxygen atoms in total. The fraction of sp³-hybridized carbons (Fsp3) is 0.647. The Morgan fingerprint density at radius 3 is 3.00 bits per heavy atom. The number of nitrogens with one attached hydrogen (secondary N) is 1. The number of rotatable bonds is 2. The summed E-state index contributed by atoms with van der Waals surface area (Å²) in [6.45, 7) is 2.31. The van der Waals surface area contributed by atoms with Crippen molar-refractivity contribution in [2.24, 2.45) is 5.92 Å². The Balaban J connectivity index is 1.93. The molecule has 1 aromatic rings. The third-order valence-corrected chi connectivity index (χ3v) is 5.58. The van der Waals surface area contributed by atoms with Gasteiger partial charge in [-0.05, 0) is 44.4 Å². The van der Waals surface area contributed by atoms with Gasteiger partial charge in [0.25, 0.3) is 0 Å². The topological polar surface area (TPSA) is 21.3 Å². The van der Waals surface area contributed by atoms with E-state index in [2.05, 4.69) is 53.4 Å². The predicted molar refractivity (Wildman–Crippen MR) is 86.2 cm³/mol. The first kappa shape index (κ1) is 14.4. The smallest absolute Gasteiger partial charge is 0.126 e. The molecule has 3 rings (SSSR count). The van der Waals surface area contributed by atoms with Crippen molar-refractivity contribution in [3.05, 3.63) is 28.2 Å². The van der Waals surface area contributed by atoms with Crippen LogP contribution in [0.25, 0.3) is 0 Å². The van der Waals surface area contributed by atoms with E-state index < -0.39 is 0 Å². The fourth-order valence-corrected chi connectivity index (χ4v) is 4.31. The van der Waals surface area contributed by atoms with Gasteiger partial charge in [-0.25, -0.2) is 0 Å². The van der Waals surface area contributed by atoms with Gasteiger partial charge in [0, 0.05) is 22.5 Å². The van der Waals surface area contributed by atoms with Gasteiger partial charge < -0.3 is 10.1 Å². The summed E-state index contributed by atoms with van der Waals surface area (Å²) in [5.41, 5.74) is 1.36. The van der Waals surface area contributed by atoms with Crippen LogP contribution in [-0.4, -0.2) is 12.6 Å². The number of halogens is 1. The van der Waals surface area contributed by atoms with E-state index in [1.165, 1.54) is 37.7 Å². The van der Waals surface area contributed by atoms with Gasteiger partial charge in [0.05, 0.1) is 0 Å². The number of hydrogen-bond donors (Lipinski definition) is 1. The molecule has 1 aromatic carbocycles. The van der Waals surface area contributed by atoms with Crippen molar-refractivity contribution in [1.82, 2.24) is 5.32 Å². The lowest BCUT2D eigenvalue weighted by Gasteiger charge is -2.46. The molecule has 3 atom stereocenters. The summed E-state index contributed by atoms with van der Waals surface area (Å²) >= 11 is 3.57. The largest absolute Gasteiger partial charge is 0.487 e. The van der Waals surface area contributed by atoms with Gasteiger partial charge in [-0.15, -0.1) is 0 Å². The van der Waals surface area contributed by atoms with Gasteiger partial charge in [0.15, 0.2) is 0 Å². The zero-order chi connectivity index (χ0) is 14.2. The molecule has 1 N–H and O–H groups in total. The molecule has 1 fully saturated rings. The number of fused-ring (bicyclic) bond motifs is 1. The van der Waals surface area contributed by atoms with Crippen LogP contribution < -0.4 is 10.1 Å². The Morgan fingerprint density at radius 1 is 1.40 bits per heavy atom. The van der Waals surface area contributed by atoms with E-state index in [0.717, 1.165) is 22.6 Å². The molecule has 3 heteroatoms. The molecular formula is C17H24BrNO. The molecule has 2 aliphatic rings. The fourth-order valence-electron chi connectivity index (χ4n) is 3.97. The van der Waals surface area contributed by atoms with E-state index in [1.54, 1.807) is 0 Å². The second-order valence-electron chi connectivity index (χ2n) is 6.38. The molecule has 0 radical (unpaired) electrons. The highest BCUT2D eigenvalue weighted by molar-refractivity contribution is 9.10. The molecule has 3 unspecified atom stereocenters. The van der Waals surface area contributed by atoms with E-state index in [-0.39, 0.29) is 5.60 Å². The summed E-state index contributed by atoms with van der Waals surface area (Å²) in [5.74, 6) is 1.90. The Labute approximate surface area is 130 Å². The summed E-state index contributed by atoms with van der Waals surface area (Å²) < 4.78 is 7.64. The van der Waals surface area contributed by atoms with Gasteiger partial charge in [-0.1, -0.05) is 41.8 Å². The summed E-state index contributed by atoms with van der Waals surface area (Å²) in [5, 5.41) is 3.49. The monoisotopic (exact) mass is 337 g/mol.